The van der Waals surface area contributed by atoms with Crippen LogP contribution in [0.25, 0.3) is 11.0 Å². The Morgan fingerprint density at radius 2 is 2.17 bits per heavy atom. The van der Waals surface area contributed by atoms with Crippen molar-refractivity contribution >= 4 is 16.9 Å². The van der Waals surface area contributed by atoms with Gasteiger partial charge in [-0.1, -0.05) is 12.1 Å². The average Bonchev–Trinajstić information content (AvgIpc) is 3.06. The normalized spacial score (nSPS) is 17.5. The molecule has 1 amide bonds. The number of carbonyl (C=O) groups excluding carboxylic acids is 1. The Hall–Kier alpha value is -2.90. The van der Waals surface area contributed by atoms with Gasteiger partial charge in [0.2, 0.25) is 0 Å². The van der Waals surface area contributed by atoms with Gasteiger partial charge in [-0.15, -0.1) is 0 Å². The lowest BCUT2D eigenvalue weighted by Gasteiger charge is -2.14. The highest BCUT2D eigenvalue weighted by Gasteiger charge is 2.22. The first-order chi connectivity index (χ1) is 11.6. The van der Waals surface area contributed by atoms with E-state index in [9.17, 15) is 9.59 Å². The Balaban J connectivity index is 1.48. The van der Waals surface area contributed by atoms with E-state index in [1.54, 1.807) is 11.6 Å². The highest BCUT2D eigenvalue weighted by atomic mass is 16.2. The molecular formula is C16H18N6O2. The molecule has 0 saturated heterocycles. The van der Waals surface area contributed by atoms with E-state index < -0.39 is 0 Å². The highest BCUT2D eigenvalue weighted by molar-refractivity contribution is 5.94. The number of para-hydroxylation sites is 2. The van der Waals surface area contributed by atoms with Gasteiger partial charge in [-0.05, 0) is 25.0 Å². The minimum absolute atomic E-state index is 0.00267. The zero-order valence-corrected chi connectivity index (χ0v) is 13.3. The molecule has 0 saturated carbocycles. The molecule has 1 aliphatic heterocycles. The van der Waals surface area contributed by atoms with Crippen LogP contribution < -0.4 is 11.0 Å². The maximum atomic E-state index is 12.4. The van der Waals surface area contributed by atoms with Gasteiger partial charge >= 0.3 is 5.69 Å². The second-order valence-corrected chi connectivity index (χ2v) is 6.07. The van der Waals surface area contributed by atoms with E-state index in [0.717, 1.165) is 23.3 Å². The van der Waals surface area contributed by atoms with Gasteiger partial charge in [-0.3, -0.25) is 9.36 Å². The van der Waals surface area contributed by atoms with Gasteiger partial charge in [0.15, 0.2) is 5.82 Å². The number of fused-ring (bicyclic) bond motifs is 2. The van der Waals surface area contributed by atoms with Gasteiger partial charge in [0.25, 0.3) is 5.91 Å². The molecule has 1 atom stereocenters. The van der Waals surface area contributed by atoms with E-state index in [1.165, 1.54) is 4.68 Å². The van der Waals surface area contributed by atoms with Gasteiger partial charge in [-0.2, -0.15) is 5.10 Å². The topological polar surface area (TPSA) is 97.6 Å². The van der Waals surface area contributed by atoms with Crippen molar-refractivity contribution in [3.63, 3.8) is 0 Å². The number of aromatic nitrogens is 5. The van der Waals surface area contributed by atoms with Crippen molar-refractivity contribution < 1.29 is 4.79 Å². The van der Waals surface area contributed by atoms with E-state index in [1.807, 2.05) is 24.3 Å². The van der Waals surface area contributed by atoms with E-state index in [-0.39, 0.29) is 17.6 Å². The summed E-state index contributed by atoms with van der Waals surface area (Å²) in [6.07, 6.45) is 2.12. The molecule has 8 nitrogen and oxygen atoms in total. The first-order valence-corrected chi connectivity index (χ1v) is 8.00. The Labute approximate surface area is 137 Å². The standard InChI is InChI=1S/C16H18N6O2/c1-21-16(24)22-9-8-10(6-7-13(22)20-21)17-15(23)14-18-11-4-2-3-5-12(11)19-14/h2-5,10H,6-9H2,1H3,(H,17,23)(H,18,19). The van der Waals surface area contributed by atoms with Crippen molar-refractivity contribution in [1.82, 2.24) is 29.6 Å². The Bertz CT molecular complexity index is 934. The molecule has 8 heteroatoms. The van der Waals surface area contributed by atoms with Crippen LogP contribution in [0.5, 0.6) is 0 Å². The number of aromatic amines is 1. The minimum Gasteiger partial charge on any atom is -0.347 e. The van der Waals surface area contributed by atoms with Crippen LogP contribution in [-0.4, -0.2) is 36.3 Å². The van der Waals surface area contributed by atoms with Crippen molar-refractivity contribution in [3.8, 4) is 0 Å². The summed E-state index contributed by atoms with van der Waals surface area (Å²) in [5.41, 5.74) is 1.51. The number of hydrogen-bond donors (Lipinski definition) is 2. The molecule has 0 bridgehead atoms. The third-order valence-electron chi connectivity index (χ3n) is 4.44. The molecule has 2 aromatic heterocycles. The quantitative estimate of drug-likeness (QED) is 0.720. The van der Waals surface area contributed by atoms with Gasteiger partial charge < -0.3 is 10.3 Å². The molecule has 24 heavy (non-hydrogen) atoms. The zero-order valence-electron chi connectivity index (χ0n) is 13.3. The lowest BCUT2D eigenvalue weighted by Crippen LogP contribution is -2.36. The number of H-pyrrole nitrogens is 1. The fourth-order valence-corrected chi connectivity index (χ4v) is 3.16. The van der Waals surface area contributed by atoms with Crippen molar-refractivity contribution in [1.29, 1.82) is 0 Å². The highest BCUT2D eigenvalue weighted by Crippen LogP contribution is 2.14. The fourth-order valence-electron chi connectivity index (χ4n) is 3.16. The molecule has 1 aliphatic rings. The molecule has 2 N–H and O–H groups in total. The predicted octanol–water partition coefficient (Wildman–Crippen LogP) is 0.593. The van der Waals surface area contributed by atoms with Crippen LogP contribution in [0.2, 0.25) is 0 Å². The molecule has 0 spiro atoms. The summed E-state index contributed by atoms with van der Waals surface area (Å²) in [6, 6.07) is 7.54. The van der Waals surface area contributed by atoms with Crippen molar-refractivity contribution in [2.45, 2.75) is 31.8 Å². The van der Waals surface area contributed by atoms with Crippen molar-refractivity contribution in [2.24, 2.45) is 7.05 Å². The van der Waals surface area contributed by atoms with Gasteiger partial charge in [0.1, 0.15) is 5.82 Å². The lowest BCUT2D eigenvalue weighted by molar-refractivity contribution is 0.0923. The van der Waals surface area contributed by atoms with E-state index in [4.69, 9.17) is 0 Å². The minimum atomic E-state index is -0.219. The summed E-state index contributed by atoms with van der Waals surface area (Å²) in [6.45, 7) is 0.563. The first kappa shape index (κ1) is 14.7. The predicted molar refractivity (Wildman–Crippen MR) is 87.8 cm³/mol. The third kappa shape index (κ3) is 2.49. The summed E-state index contributed by atoms with van der Waals surface area (Å²) >= 11 is 0. The number of benzene rings is 1. The number of imidazole rings is 1. The van der Waals surface area contributed by atoms with E-state index in [2.05, 4.69) is 20.4 Å². The van der Waals surface area contributed by atoms with Crippen LogP contribution in [0.4, 0.5) is 0 Å². The first-order valence-electron chi connectivity index (χ1n) is 8.00. The summed E-state index contributed by atoms with van der Waals surface area (Å²) in [7, 11) is 1.66. The molecule has 0 aliphatic carbocycles. The number of nitrogens with zero attached hydrogens (tertiary/aromatic N) is 4. The summed E-state index contributed by atoms with van der Waals surface area (Å²) < 4.78 is 3.05. The maximum Gasteiger partial charge on any atom is 0.345 e. The second-order valence-electron chi connectivity index (χ2n) is 6.07. The summed E-state index contributed by atoms with van der Waals surface area (Å²) in [4.78, 5) is 31.8. The SMILES string of the molecule is Cn1nc2n(c1=O)CCC(NC(=O)c1nc3ccccc3[nH]1)CC2. The third-order valence-corrected chi connectivity index (χ3v) is 4.44. The number of hydrogen-bond acceptors (Lipinski definition) is 4. The summed E-state index contributed by atoms with van der Waals surface area (Å²) in [5.74, 6) is 0.876. The molecule has 1 unspecified atom stereocenters. The van der Waals surface area contributed by atoms with Gasteiger partial charge in [0.05, 0.1) is 11.0 Å². The number of nitrogens with one attached hydrogen (secondary N) is 2. The lowest BCUT2D eigenvalue weighted by atomic mass is 10.1. The van der Waals surface area contributed by atoms with E-state index in [0.29, 0.717) is 25.2 Å². The van der Waals surface area contributed by atoms with Crippen LogP contribution in [0, 0.1) is 0 Å². The number of rotatable bonds is 2. The van der Waals surface area contributed by atoms with Crippen LogP contribution >= 0.6 is 0 Å². The average molecular weight is 326 g/mol. The molecular weight excluding hydrogens is 308 g/mol. The second kappa shape index (κ2) is 5.63. The van der Waals surface area contributed by atoms with Crippen molar-refractivity contribution in [3.05, 3.63) is 46.4 Å². The van der Waals surface area contributed by atoms with Crippen LogP contribution in [0.15, 0.2) is 29.1 Å². The molecule has 0 radical (unpaired) electrons. The Morgan fingerprint density at radius 1 is 1.33 bits per heavy atom. The van der Waals surface area contributed by atoms with Crippen molar-refractivity contribution in [2.75, 3.05) is 0 Å². The molecule has 124 valence electrons. The maximum absolute atomic E-state index is 12.4. The van der Waals surface area contributed by atoms with Crippen LogP contribution in [0.1, 0.15) is 29.3 Å². The Kier molecular flexibility index (Phi) is 3.44. The molecule has 3 heterocycles. The van der Waals surface area contributed by atoms with Crippen LogP contribution in [-0.2, 0) is 20.0 Å². The fraction of sp³-hybridized carbons (Fsp3) is 0.375. The largest absolute Gasteiger partial charge is 0.347 e. The number of aryl methyl sites for hydroxylation is 2. The van der Waals surface area contributed by atoms with Gasteiger partial charge in [0, 0.05) is 26.1 Å². The van der Waals surface area contributed by atoms with Gasteiger partial charge in [-0.25, -0.2) is 14.5 Å². The summed E-state index contributed by atoms with van der Waals surface area (Å²) in [5, 5.41) is 7.26. The molecule has 3 aromatic rings. The molecule has 4 rings (SSSR count). The van der Waals surface area contributed by atoms with E-state index >= 15 is 0 Å². The number of amides is 1. The number of carbonyl (C=O) groups is 1. The van der Waals surface area contributed by atoms with Crippen LogP contribution in [0.3, 0.4) is 0 Å². The monoisotopic (exact) mass is 326 g/mol. The molecule has 0 fully saturated rings. The molecule has 1 aromatic carbocycles. The zero-order chi connectivity index (χ0) is 16.7. The smallest absolute Gasteiger partial charge is 0.345 e. The Morgan fingerprint density at radius 3 is 3.00 bits per heavy atom.